The summed E-state index contributed by atoms with van der Waals surface area (Å²) in [7, 11) is 1.55. The van der Waals surface area contributed by atoms with Crippen LogP contribution in [0.2, 0.25) is 0 Å². The Balaban J connectivity index is -0.000000141. The van der Waals surface area contributed by atoms with E-state index in [1.807, 2.05) is 0 Å². The number of rotatable bonds is 7. The van der Waals surface area contributed by atoms with E-state index in [9.17, 15) is 9.59 Å². The molecule has 1 unspecified atom stereocenters. The Morgan fingerprint density at radius 1 is 1.11 bits per heavy atom. The first kappa shape index (κ1) is 30.3. The lowest BCUT2D eigenvalue weighted by Gasteiger charge is -2.08. The lowest BCUT2D eigenvalue weighted by Crippen LogP contribution is -2.15. The minimum atomic E-state index is -0.275. The van der Waals surface area contributed by atoms with E-state index >= 15 is 0 Å². The molecular formula is C14H34O4. The van der Waals surface area contributed by atoms with Crippen LogP contribution >= 0.6 is 0 Å². The highest BCUT2D eigenvalue weighted by molar-refractivity contribution is 5.75. The van der Waals surface area contributed by atoms with Crippen molar-refractivity contribution in [3.05, 3.63) is 0 Å². The molecule has 0 aliphatic carbocycles. The van der Waals surface area contributed by atoms with Crippen LogP contribution in [-0.2, 0) is 19.1 Å². The van der Waals surface area contributed by atoms with Crippen LogP contribution in [-0.4, -0.2) is 31.6 Å². The van der Waals surface area contributed by atoms with Gasteiger partial charge < -0.3 is 14.3 Å². The normalized spacial score (nSPS) is 9.50. The molecule has 0 saturated carbocycles. The van der Waals surface area contributed by atoms with Crippen LogP contribution < -0.4 is 0 Å². The zero-order valence-corrected chi connectivity index (χ0v) is 9.04. The number of Topliss-reactive ketones (excluding diaryl/α,β-unsaturated/α-hetero) is 1. The third-order valence-electron chi connectivity index (χ3n) is 1.79. The number of esters is 1. The predicted molar refractivity (Wildman–Crippen MR) is 78.9 cm³/mol. The average molecular weight is 266 g/mol. The Bertz CT molecular complexity index is 190. The second-order valence-corrected chi connectivity index (χ2v) is 3.28. The van der Waals surface area contributed by atoms with E-state index in [4.69, 9.17) is 9.47 Å². The van der Waals surface area contributed by atoms with Crippen molar-refractivity contribution in [2.75, 3.05) is 13.7 Å². The molecular weight excluding hydrogens is 232 g/mol. The third-order valence-corrected chi connectivity index (χ3v) is 1.79. The van der Waals surface area contributed by atoms with Gasteiger partial charge in [0.15, 0.2) is 0 Å². The molecule has 0 saturated heterocycles. The van der Waals surface area contributed by atoms with Gasteiger partial charge in [-0.2, -0.15) is 0 Å². The van der Waals surface area contributed by atoms with Crippen molar-refractivity contribution in [1.29, 1.82) is 0 Å². The second kappa shape index (κ2) is 18.5. The average Bonchev–Trinajstić information content (AvgIpc) is 2.12. The molecule has 0 bridgehead atoms. The molecule has 114 valence electrons. The first-order valence-corrected chi connectivity index (χ1v) is 4.74. The molecule has 0 aromatic heterocycles. The summed E-state index contributed by atoms with van der Waals surface area (Å²) in [4.78, 5) is 21.6. The number of hydrogen-bond donors (Lipinski definition) is 0. The summed E-state index contributed by atoms with van der Waals surface area (Å²) >= 11 is 0. The lowest BCUT2D eigenvalue weighted by atomic mass is 10.2. The van der Waals surface area contributed by atoms with Gasteiger partial charge in [0.2, 0.25) is 0 Å². The van der Waals surface area contributed by atoms with Crippen molar-refractivity contribution in [2.45, 2.75) is 68.9 Å². The van der Waals surface area contributed by atoms with Crippen LogP contribution in [0.5, 0.6) is 0 Å². The number of carbonyl (C=O) groups is 2. The van der Waals surface area contributed by atoms with E-state index in [-0.39, 0.29) is 54.0 Å². The smallest absolute Gasteiger partial charge is 0.308 e. The van der Waals surface area contributed by atoms with Crippen molar-refractivity contribution in [3.63, 3.8) is 0 Å². The fraction of sp³-hybridized carbons (Fsp3) is 0.857. The Hall–Kier alpha value is -0.900. The first-order chi connectivity index (χ1) is 6.56. The zero-order valence-electron chi connectivity index (χ0n) is 9.04. The van der Waals surface area contributed by atoms with Gasteiger partial charge >= 0.3 is 5.97 Å². The van der Waals surface area contributed by atoms with Gasteiger partial charge in [-0.1, -0.05) is 29.7 Å². The van der Waals surface area contributed by atoms with E-state index in [0.717, 1.165) is 0 Å². The summed E-state index contributed by atoms with van der Waals surface area (Å²) in [5.41, 5.74) is 0. The van der Waals surface area contributed by atoms with Crippen LogP contribution in [0.4, 0.5) is 0 Å². The predicted octanol–water partition coefficient (Wildman–Crippen LogP) is 3.87. The highest BCUT2D eigenvalue weighted by Crippen LogP contribution is 1.99. The molecule has 0 heterocycles. The van der Waals surface area contributed by atoms with Crippen LogP contribution in [0.15, 0.2) is 0 Å². The highest BCUT2D eigenvalue weighted by Gasteiger charge is 2.08. The summed E-state index contributed by atoms with van der Waals surface area (Å²) in [6.45, 7) is 3.64. The molecule has 0 aliphatic heterocycles. The summed E-state index contributed by atoms with van der Waals surface area (Å²) in [6, 6.07) is 0. The van der Waals surface area contributed by atoms with Gasteiger partial charge in [0, 0.05) is 13.5 Å². The second-order valence-electron chi connectivity index (χ2n) is 3.28. The van der Waals surface area contributed by atoms with Crippen LogP contribution in [0.3, 0.4) is 0 Å². The largest absolute Gasteiger partial charge is 0.466 e. The molecule has 0 rings (SSSR count). The van der Waals surface area contributed by atoms with Gasteiger partial charge in [-0.15, -0.1) is 0 Å². The molecule has 4 heteroatoms. The topological polar surface area (TPSA) is 52.6 Å². The fourth-order valence-corrected chi connectivity index (χ4v) is 0.884. The molecule has 1 atom stereocenters. The minimum Gasteiger partial charge on any atom is -0.466 e. The molecule has 0 aliphatic rings. The maximum Gasteiger partial charge on any atom is 0.308 e. The highest BCUT2D eigenvalue weighted by atomic mass is 16.5. The van der Waals surface area contributed by atoms with Gasteiger partial charge in [-0.05, 0) is 20.3 Å². The van der Waals surface area contributed by atoms with Crippen LogP contribution in [0.1, 0.15) is 62.8 Å². The van der Waals surface area contributed by atoms with Crippen molar-refractivity contribution in [2.24, 2.45) is 0 Å². The van der Waals surface area contributed by atoms with Crippen molar-refractivity contribution >= 4 is 11.8 Å². The summed E-state index contributed by atoms with van der Waals surface area (Å²) in [5, 5.41) is 0. The molecule has 0 N–H and O–H groups in total. The summed E-state index contributed by atoms with van der Waals surface area (Å²) in [6.07, 6.45) is 1.21. The monoisotopic (exact) mass is 266 g/mol. The standard InChI is InChI=1S/C10H18O4.4CH4/c1-8(11)5-4-6-14-10(12)7-9(2)13-3;;;;/h9H,4-7H2,1-3H3;4*1H4. The van der Waals surface area contributed by atoms with Crippen LogP contribution in [0, 0.1) is 0 Å². The number of methoxy groups -OCH3 is 1. The van der Waals surface area contributed by atoms with E-state index in [2.05, 4.69) is 0 Å². The molecule has 0 spiro atoms. The van der Waals surface area contributed by atoms with Crippen LogP contribution in [0.25, 0.3) is 0 Å². The number of ketones is 1. The molecule has 18 heavy (non-hydrogen) atoms. The molecule has 4 nitrogen and oxygen atoms in total. The minimum absolute atomic E-state index is 0. The maximum absolute atomic E-state index is 11.1. The van der Waals surface area contributed by atoms with Crippen molar-refractivity contribution in [1.82, 2.24) is 0 Å². The summed E-state index contributed by atoms with van der Waals surface area (Å²) < 4.78 is 9.80. The maximum atomic E-state index is 11.1. The Labute approximate surface area is 114 Å². The fourth-order valence-electron chi connectivity index (χ4n) is 0.884. The third kappa shape index (κ3) is 20.5. The molecule has 0 fully saturated rings. The number of carbonyl (C=O) groups excluding carboxylic acids is 2. The van der Waals surface area contributed by atoms with E-state index in [1.54, 1.807) is 14.0 Å². The quantitative estimate of drug-likeness (QED) is 0.518. The first-order valence-electron chi connectivity index (χ1n) is 4.74. The Kier molecular flexibility index (Phi) is 31.1. The van der Waals surface area contributed by atoms with Gasteiger partial charge in [-0.25, -0.2) is 0 Å². The van der Waals surface area contributed by atoms with Gasteiger partial charge in [0.25, 0.3) is 0 Å². The summed E-state index contributed by atoms with van der Waals surface area (Å²) in [5.74, 6) is -0.158. The van der Waals surface area contributed by atoms with Crippen molar-refractivity contribution in [3.8, 4) is 0 Å². The van der Waals surface area contributed by atoms with Crippen molar-refractivity contribution < 1.29 is 19.1 Å². The zero-order chi connectivity index (χ0) is 11.0. The number of ether oxygens (including phenoxy) is 2. The van der Waals surface area contributed by atoms with Gasteiger partial charge in [0.1, 0.15) is 5.78 Å². The SMILES string of the molecule is C.C.C.C.COC(C)CC(=O)OCCCC(C)=O. The Morgan fingerprint density at radius 3 is 2.00 bits per heavy atom. The molecule has 0 radical (unpaired) electrons. The lowest BCUT2D eigenvalue weighted by molar-refractivity contribution is -0.146. The van der Waals surface area contributed by atoms with Gasteiger partial charge in [0.05, 0.1) is 19.1 Å². The molecule has 0 amide bonds. The Morgan fingerprint density at radius 2 is 1.61 bits per heavy atom. The van der Waals surface area contributed by atoms with Gasteiger partial charge in [-0.3, -0.25) is 4.79 Å². The van der Waals surface area contributed by atoms with E-state index in [0.29, 0.717) is 19.4 Å². The van der Waals surface area contributed by atoms with E-state index in [1.165, 1.54) is 6.92 Å². The van der Waals surface area contributed by atoms with E-state index < -0.39 is 0 Å². The molecule has 0 aromatic carbocycles. The number of hydrogen-bond acceptors (Lipinski definition) is 4. The molecule has 0 aromatic rings.